The van der Waals surface area contributed by atoms with Gasteiger partial charge in [-0.1, -0.05) is 12.1 Å². The summed E-state index contributed by atoms with van der Waals surface area (Å²) in [6.45, 7) is 1.91. The number of benzene rings is 1. The number of para-hydroxylation sites is 1. The average molecular weight is 407 g/mol. The maximum absolute atomic E-state index is 13.0. The van der Waals surface area contributed by atoms with E-state index in [9.17, 15) is 9.59 Å². The fourth-order valence-electron chi connectivity index (χ4n) is 3.16. The van der Waals surface area contributed by atoms with Gasteiger partial charge in [-0.15, -0.1) is 11.3 Å². The third kappa shape index (κ3) is 4.19. The number of rotatable bonds is 6. The van der Waals surface area contributed by atoms with E-state index in [4.69, 9.17) is 0 Å². The van der Waals surface area contributed by atoms with Gasteiger partial charge in [0, 0.05) is 36.3 Å². The Hall–Kier alpha value is -3.06. The van der Waals surface area contributed by atoms with Crippen LogP contribution in [0.15, 0.2) is 54.2 Å². The molecule has 0 spiro atoms. The maximum Gasteiger partial charge on any atom is 0.253 e. The smallest absolute Gasteiger partial charge is 0.253 e. The molecule has 7 heteroatoms. The molecule has 2 heterocycles. The second-order valence-corrected chi connectivity index (χ2v) is 8.08. The Morgan fingerprint density at radius 2 is 1.90 bits per heavy atom. The molecule has 0 bridgehead atoms. The largest absolute Gasteiger partial charge is 0.343 e. The predicted octanol–water partition coefficient (Wildman–Crippen LogP) is 4.07. The van der Waals surface area contributed by atoms with Gasteiger partial charge in [-0.2, -0.15) is 0 Å². The Bertz CT molecular complexity index is 1030. The molecule has 1 aliphatic carbocycles. The quantitative estimate of drug-likeness (QED) is 0.670. The summed E-state index contributed by atoms with van der Waals surface area (Å²) in [4.78, 5) is 35.7. The van der Waals surface area contributed by atoms with E-state index in [2.05, 4.69) is 15.3 Å². The van der Waals surface area contributed by atoms with Gasteiger partial charge in [0.05, 0.1) is 23.0 Å². The molecule has 3 aromatic rings. The lowest BCUT2D eigenvalue weighted by molar-refractivity contribution is -0.119. The van der Waals surface area contributed by atoms with Crippen LogP contribution in [0.2, 0.25) is 0 Å². The van der Waals surface area contributed by atoms with Crippen LogP contribution in [-0.4, -0.2) is 28.8 Å². The molecule has 1 N–H and O–H groups in total. The highest BCUT2D eigenvalue weighted by atomic mass is 32.1. The van der Waals surface area contributed by atoms with Crippen molar-refractivity contribution < 1.29 is 9.59 Å². The molecule has 1 aromatic carbocycles. The number of carbonyl (C=O) groups excluding carboxylic acids is 2. The minimum atomic E-state index is -0.249. The van der Waals surface area contributed by atoms with E-state index in [1.807, 2.05) is 42.6 Å². The Morgan fingerprint density at radius 3 is 2.62 bits per heavy atom. The van der Waals surface area contributed by atoms with Crippen molar-refractivity contribution in [3.8, 4) is 11.3 Å². The zero-order chi connectivity index (χ0) is 20.4. The molecule has 148 valence electrons. The van der Waals surface area contributed by atoms with Gasteiger partial charge in [-0.05, 0) is 44.0 Å². The van der Waals surface area contributed by atoms with Crippen molar-refractivity contribution in [2.45, 2.75) is 25.8 Å². The number of hydrogen-bond acceptors (Lipinski definition) is 5. The molecule has 29 heavy (non-hydrogen) atoms. The van der Waals surface area contributed by atoms with Gasteiger partial charge in [0.2, 0.25) is 5.91 Å². The molecule has 0 saturated heterocycles. The standard InChI is InChI=1S/C22H22N4O2S/c1-14(21-25-18(13-29-21)15-9-11-23-12-10-15)24-20(27)17-5-3-4-6-19(17)26(2)22(28)16-7-8-16/h3-6,9-14,16H,7-8H2,1-2H3,(H,24,27). The lowest BCUT2D eigenvalue weighted by Crippen LogP contribution is -2.32. The number of hydrogen-bond donors (Lipinski definition) is 1. The van der Waals surface area contributed by atoms with E-state index >= 15 is 0 Å². The van der Waals surface area contributed by atoms with E-state index in [1.54, 1.807) is 30.4 Å². The van der Waals surface area contributed by atoms with Gasteiger partial charge >= 0.3 is 0 Å². The molecule has 1 fully saturated rings. The molecule has 2 amide bonds. The molecule has 1 atom stereocenters. The van der Waals surface area contributed by atoms with Crippen LogP contribution in [0.3, 0.4) is 0 Å². The van der Waals surface area contributed by atoms with Crippen LogP contribution < -0.4 is 10.2 Å². The third-order valence-electron chi connectivity index (χ3n) is 4.98. The molecule has 6 nitrogen and oxygen atoms in total. The number of thiazole rings is 1. The third-order valence-corrected chi connectivity index (χ3v) is 6.01. The minimum Gasteiger partial charge on any atom is -0.343 e. The summed E-state index contributed by atoms with van der Waals surface area (Å²) in [7, 11) is 1.73. The predicted molar refractivity (Wildman–Crippen MR) is 114 cm³/mol. The molecular weight excluding hydrogens is 384 g/mol. The summed E-state index contributed by atoms with van der Waals surface area (Å²) >= 11 is 1.51. The SMILES string of the molecule is CC(NC(=O)c1ccccc1N(C)C(=O)C1CC1)c1nc(-c2ccncc2)cs1. The summed E-state index contributed by atoms with van der Waals surface area (Å²) in [5.74, 6) is -0.0543. The van der Waals surface area contributed by atoms with Crippen LogP contribution in [0.5, 0.6) is 0 Å². The van der Waals surface area contributed by atoms with E-state index in [-0.39, 0.29) is 23.8 Å². The van der Waals surface area contributed by atoms with Crippen molar-refractivity contribution in [1.82, 2.24) is 15.3 Å². The average Bonchev–Trinajstić information content (AvgIpc) is 3.49. The number of anilines is 1. The molecular formula is C22H22N4O2S. The van der Waals surface area contributed by atoms with Gasteiger partial charge < -0.3 is 10.2 Å². The fraction of sp³-hybridized carbons (Fsp3) is 0.273. The first-order valence-corrected chi connectivity index (χ1v) is 10.5. The molecule has 2 aromatic heterocycles. The number of carbonyl (C=O) groups is 2. The number of nitrogens with one attached hydrogen (secondary N) is 1. The van der Waals surface area contributed by atoms with Crippen LogP contribution in [0.1, 0.15) is 41.2 Å². The first-order chi connectivity index (χ1) is 14.0. The highest BCUT2D eigenvalue weighted by Gasteiger charge is 2.33. The highest BCUT2D eigenvalue weighted by molar-refractivity contribution is 7.10. The van der Waals surface area contributed by atoms with Crippen LogP contribution in [0, 0.1) is 5.92 Å². The summed E-state index contributed by atoms with van der Waals surface area (Å²) < 4.78 is 0. The van der Waals surface area contributed by atoms with E-state index in [0.717, 1.165) is 29.1 Å². The fourth-order valence-corrected chi connectivity index (χ4v) is 3.99. The lowest BCUT2D eigenvalue weighted by Gasteiger charge is -2.21. The Kier molecular flexibility index (Phi) is 5.40. The molecule has 4 rings (SSSR count). The van der Waals surface area contributed by atoms with Crippen molar-refractivity contribution in [1.29, 1.82) is 0 Å². The second-order valence-electron chi connectivity index (χ2n) is 7.19. The zero-order valence-electron chi connectivity index (χ0n) is 16.3. The zero-order valence-corrected chi connectivity index (χ0v) is 17.1. The topological polar surface area (TPSA) is 75.2 Å². The van der Waals surface area contributed by atoms with Crippen molar-refractivity contribution in [3.63, 3.8) is 0 Å². The number of pyridine rings is 1. The summed E-state index contributed by atoms with van der Waals surface area (Å²) in [5.41, 5.74) is 2.97. The summed E-state index contributed by atoms with van der Waals surface area (Å²) in [6, 6.07) is 10.8. The van der Waals surface area contributed by atoms with Crippen molar-refractivity contribution in [3.05, 3.63) is 64.7 Å². The lowest BCUT2D eigenvalue weighted by atomic mass is 10.1. The van der Waals surface area contributed by atoms with Gasteiger partial charge in [0.15, 0.2) is 0 Å². The van der Waals surface area contributed by atoms with E-state index < -0.39 is 0 Å². The molecule has 1 unspecified atom stereocenters. The van der Waals surface area contributed by atoms with Gasteiger partial charge in [-0.3, -0.25) is 14.6 Å². The van der Waals surface area contributed by atoms with Crippen molar-refractivity contribution in [2.75, 3.05) is 11.9 Å². The van der Waals surface area contributed by atoms with E-state index in [0.29, 0.717) is 11.3 Å². The normalized spacial score (nSPS) is 14.3. The van der Waals surface area contributed by atoms with E-state index in [1.165, 1.54) is 11.3 Å². The number of aromatic nitrogens is 2. The van der Waals surface area contributed by atoms with Crippen molar-refractivity contribution >= 4 is 28.8 Å². The van der Waals surface area contributed by atoms with Crippen molar-refractivity contribution in [2.24, 2.45) is 5.92 Å². The highest BCUT2D eigenvalue weighted by Crippen LogP contribution is 2.33. The molecule has 0 aliphatic heterocycles. The Labute approximate surface area is 173 Å². The summed E-state index contributed by atoms with van der Waals surface area (Å²) in [5, 5.41) is 5.81. The van der Waals surface area contributed by atoms with Crippen LogP contribution >= 0.6 is 11.3 Å². The number of nitrogens with zero attached hydrogens (tertiary/aromatic N) is 3. The monoisotopic (exact) mass is 406 g/mol. The van der Waals surface area contributed by atoms with Gasteiger partial charge in [-0.25, -0.2) is 4.98 Å². The molecule has 0 radical (unpaired) electrons. The molecule has 1 aliphatic rings. The van der Waals surface area contributed by atoms with Crippen LogP contribution in [-0.2, 0) is 4.79 Å². The Balaban J connectivity index is 1.50. The van der Waals surface area contributed by atoms with Crippen LogP contribution in [0.25, 0.3) is 11.3 Å². The number of amides is 2. The first kappa shape index (κ1) is 19.3. The summed E-state index contributed by atoms with van der Waals surface area (Å²) in [6.07, 6.45) is 5.32. The minimum absolute atomic E-state index is 0.0696. The second kappa shape index (κ2) is 8.13. The maximum atomic E-state index is 13.0. The molecule has 1 saturated carbocycles. The first-order valence-electron chi connectivity index (χ1n) is 9.58. The van der Waals surface area contributed by atoms with Gasteiger partial charge in [0.25, 0.3) is 5.91 Å². The van der Waals surface area contributed by atoms with Crippen LogP contribution in [0.4, 0.5) is 5.69 Å². The Morgan fingerprint density at radius 1 is 1.17 bits per heavy atom. The van der Waals surface area contributed by atoms with Gasteiger partial charge in [0.1, 0.15) is 5.01 Å².